The van der Waals surface area contributed by atoms with Gasteiger partial charge >= 0.3 is 0 Å². The van der Waals surface area contributed by atoms with Crippen molar-refractivity contribution in [1.29, 1.82) is 0 Å². The van der Waals surface area contributed by atoms with Crippen LogP contribution in [-0.2, 0) is 11.2 Å². The summed E-state index contributed by atoms with van der Waals surface area (Å²) in [6.45, 7) is 2.18. The number of halogens is 1. The summed E-state index contributed by atoms with van der Waals surface area (Å²) in [5.74, 6) is 0.589. The number of benzene rings is 1. The normalized spacial score (nSPS) is 16.6. The zero-order valence-corrected chi connectivity index (χ0v) is 15.6. The second-order valence-electron chi connectivity index (χ2n) is 6.28. The minimum absolute atomic E-state index is 0. The van der Waals surface area contributed by atoms with Crippen LogP contribution in [-0.4, -0.2) is 40.4 Å². The number of carbonyl (C=O) groups excluding carboxylic acids is 1. The number of hydrogen-bond acceptors (Lipinski definition) is 5. The van der Waals surface area contributed by atoms with Crippen LogP contribution in [0.25, 0.3) is 11.5 Å². The van der Waals surface area contributed by atoms with E-state index in [0.717, 1.165) is 24.2 Å². The van der Waals surface area contributed by atoms with E-state index in [9.17, 15) is 4.79 Å². The lowest BCUT2D eigenvalue weighted by Crippen LogP contribution is -2.49. The zero-order valence-electron chi connectivity index (χ0n) is 14.7. The monoisotopic (exact) mass is 384 g/mol. The summed E-state index contributed by atoms with van der Waals surface area (Å²) in [7, 11) is 0. The lowest BCUT2D eigenvalue weighted by Gasteiger charge is -2.36. The van der Waals surface area contributed by atoms with Gasteiger partial charge in [0.1, 0.15) is 6.26 Å². The van der Waals surface area contributed by atoms with Crippen LogP contribution in [0.3, 0.4) is 0 Å². The zero-order chi connectivity index (χ0) is 17.8. The maximum atomic E-state index is 12.9. The molecule has 27 heavy (non-hydrogen) atoms. The van der Waals surface area contributed by atoms with E-state index in [1.165, 1.54) is 0 Å². The standard InChI is InChI=1S/C20H20N4O2.ClH/c25-19(11-17-14-26-20(23-17)15-5-2-1-3-6-15)24-10-9-22-13-18(24)16-7-4-8-21-12-16;/h1-8,12,14,18,22H,9-11,13H2;1H. The summed E-state index contributed by atoms with van der Waals surface area (Å²) in [4.78, 5) is 23.5. The van der Waals surface area contributed by atoms with Crippen molar-refractivity contribution in [2.24, 2.45) is 0 Å². The molecule has 1 amide bonds. The Balaban J connectivity index is 0.00000210. The summed E-state index contributed by atoms with van der Waals surface area (Å²) < 4.78 is 5.55. The van der Waals surface area contributed by atoms with Gasteiger partial charge in [0.05, 0.1) is 18.2 Å². The van der Waals surface area contributed by atoms with Crippen LogP contribution in [0.15, 0.2) is 65.5 Å². The molecule has 1 atom stereocenters. The number of pyridine rings is 1. The number of carbonyl (C=O) groups is 1. The van der Waals surface area contributed by atoms with E-state index in [4.69, 9.17) is 4.42 Å². The van der Waals surface area contributed by atoms with Gasteiger partial charge in [-0.2, -0.15) is 0 Å². The molecule has 1 fully saturated rings. The van der Waals surface area contributed by atoms with Crippen LogP contribution >= 0.6 is 12.4 Å². The number of aromatic nitrogens is 2. The van der Waals surface area contributed by atoms with Gasteiger partial charge in [-0.3, -0.25) is 9.78 Å². The fraction of sp³-hybridized carbons (Fsp3) is 0.250. The highest BCUT2D eigenvalue weighted by atomic mass is 35.5. The third-order valence-corrected chi connectivity index (χ3v) is 4.54. The van der Waals surface area contributed by atoms with Gasteiger partial charge in [-0.25, -0.2) is 4.98 Å². The van der Waals surface area contributed by atoms with Crippen molar-refractivity contribution in [3.05, 3.63) is 72.4 Å². The van der Waals surface area contributed by atoms with E-state index in [1.807, 2.05) is 53.6 Å². The summed E-state index contributed by atoms with van der Waals surface area (Å²) in [5.41, 5.74) is 2.59. The largest absolute Gasteiger partial charge is 0.444 e. The first kappa shape index (κ1) is 19.1. The topological polar surface area (TPSA) is 71.3 Å². The maximum absolute atomic E-state index is 12.9. The first-order valence-corrected chi connectivity index (χ1v) is 8.71. The minimum atomic E-state index is -0.00885. The number of amides is 1. The number of oxazole rings is 1. The molecule has 6 nitrogen and oxygen atoms in total. The molecular formula is C20H21ClN4O2. The quantitative estimate of drug-likeness (QED) is 0.748. The molecule has 0 saturated carbocycles. The van der Waals surface area contributed by atoms with E-state index in [1.54, 1.807) is 12.5 Å². The molecule has 3 heterocycles. The molecule has 1 saturated heterocycles. The molecule has 4 rings (SSSR count). The molecule has 0 spiro atoms. The molecular weight excluding hydrogens is 364 g/mol. The predicted octanol–water partition coefficient (Wildman–Crippen LogP) is 2.87. The second-order valence-corrected chi connectivity index (χ2v) is 6.28. The Morgan fingerprint density at radius 1 is 1.22 bits per heavy atom. The highest BCUT2D eigenvalue weighted by molar-refractivity contribution is 5.85. The molecule has 1 unspecified atom stereocenters. The van der Waals surface area contributed by atoms with E-state index in [2.05, 4.69) is 15.3 Å². The molecule has 1 aliphatic heterocycles. The van der Waals surface area contributed by atoms with Gasteiger partial charge in [-0.05, 0) is 23.8 Å². The van der Waals surface area contributed by atoms with Gasteiger partial charge in [0.2, 0.25) is 11.8 Å². The summed E-state index contributed by atoms with van der Waals surface area (Å²) in [6.07, 6.45) is 5.36. The van der Waals surface area contributed by atoms with Crippen LogP contribution in [0.2, 0.25) is 0 Å². The maximum Gasteiger partial charge on any atom is 0.229 e. The van der Waals surface area contributed by atoms with Gasteiger partial charge in [0, 0.05) is 37.6 Å². The third-order valence-electron chi connectivity index (χ3n) is 4.54. The molecule has 1 aliphatic rings. The summed E-state index contributed by atoms with van der Waals surface area (Å²) >= 11 is 0. The second kappa shape index (κ2) is 8.79. The van der Waals surface area contributed by atoms with Crippen molar-refractivity contribution in [2.45, 2.75) is 12.5 Å². The highest BCUT2D eigenvalue weighted by Gasteiger charge is 2.28. The Morgan fingerprint density at radius 2 is 2.07 bits per heavy atom. The van der Waals surface area contributed by atoms with Crippen LogP contribution in [0, 0.1) is 0 Å². The smallest absolute Gasteiger partial charge is 0.229 e. The first-order valence-electron chi connectivity index (χ1n) is 8.71. The molecule has 1 N–H and O–H groups in total. The molecule has 0 radical (unpaired) electrons. The van der Waals surface area contributed by atoms with Crippen LogP contribution < -0.4 is 5.32 Å². The third kappa shape index (κ3) is 4.35. The van der Waals surface area contributed by atoms with Crippen molar-refractivity contribution in [1.82, 2.24) is 20.2 Å². The van der Waals surface area contributed by atoms with Gasteiger partial charge in [0.15, 0.2) is 0 Å². The van der Waals surface area contributed by atoms with Gasteiger partial charge in [-0.1, -0.05) is 24.3 Å². The SMILES string of the molecule is Cl.O=C(Cc1coc(-c2ccccc2)n1)N1CCNCC1c1cccnc1. The number of nitrogens with zero attached hydrogens (tertiary/aromatic N) is 3. The van der Waals surface area contributed by atoms with Crippen LogP contribution in [0.1, 0.15) is 17.3 Å². The van der Waals surface area contributed by atoms with Gasteiger partial charge in [0.25, 0.3) is 0 Å². The highest BCUT2D eigenvalue weighted by Crippen LogP contribution is 2.23. The number of piperazine rings is 1. The fourth-order valence-electron chi connectivity index (χ4n) is 3.23. The van der Waals surface area contributed by atoms with Crippen molar-refractivity contribution >= 4 is 18.3 Å². The Bertz CT molecular complexity index is 870. The number of nitrogens with one attached hydrogen (secondary N) is 1. The molecule has 2 aromatic heterocycles. The van der Waals surface area contributed by atoms with E-state index >= 15 is 0 Å². The minimum Gasteiger partial charge on any atom is -0.444 e. The molecule has 1 aromatic carbocycles. The number of rotatable bonds is 4. The van der Waals surface area contributed by atoms with Crippen molar-refractivity contribution < 1.29 is 9.21 Å². The lowest BCUT2D eigenvalue weighted by atomic mass is 10.0. The van der Waals surface area contributed by atoms with Crippen LogP contribution in [0.5, 0.6) is 0 Å². The molecule has 3 aromatic rings. The summed E-state index contributed by atoms with van der Waals surface area (Å²) in [6, 6.07) is 13.6. The van der Waals surface area contributed by atoms with E-state index in [0.29, 0.717) is 18.1 Å². The van der Waals surface area contributed by atoms with Crippen molar-refractivity contribution in [3.8, 4) is 11.5 Å². The first-order chi connectivity index (χ1) is 12.8. The Kier molecular flexibility index (Phi) is 6.21. The average molecular weight is 385 g/mol. The Labute approximate surface area is 164 Å². The van der Waals surface area contributed by atoms with Crippen molar-refractivity contribution in [3.63, 3.8) is 0 Å². The Hall–Kier alpha value is -2.70. The van der Waals surface area contributed by atoms with E-state index in [-0.39, 0.29) is 30.8 Å². The summed E-state index contributed by atoms with van der Waals surface area (Å²) in [5, 5.41) is 3.35. The average Bonchev–Trinajstić information content (AvgIpc) is 3.18. The Morgan fingerprint density at radius 3 is 2.85 bits per heavy atom. The predicted molar refractivity (Wildman–Crippen MR) is 104 cm³/mol. The fourth-order valence-corrected chi connectivity index (χ4v) is 3.23. The van der Waals surface area contributed by atoms with Gasteiger partial charge < -0.3 is 14.6 Å². The molecule has 140 valence electrons. The van der Waals surface area contributed by atoms with E-state index < -0.39 is 0 Å². The number of hydrogen-bond donors (Lipinski definition) is 1. The molecule has 0 bridgehead atoms. The lowest BCUT2D eigenvalue weighted by molar-refractivity contribution is -0.133. The van der Waals surface area contributed by atoms with Crippen LogP contribution in [0.4, 0.5) is 0 Å². The molecule has 0 aliphatic carbocycles. The van der Waals surface area contributed by atoms with Gasteiger partial charge in [-0.15, -0.1) is 12.4 Å². The molecule has 7 heteroatoms. The van der Waals surface area contributed by atoms with Crippen molar-refractivity contribution in [2.75, 3.05) is 19.6 Å².